The summed E-state index contributed by atoms with van der Waals surface area (Å²) in [6, 6.07) is 21.2. The molecule has 0 heterocycles. The molecular weight excluding hydrogens is 510 g/mol. The van der Waals surface area contributed by atoms with E-state index in [9.17, 15) is 18.0 Å². The van der Waals surface area contributed by atoms with Crippen molar-refractivity contribution in [2.75, 3.05) is 17.4 Å². The van der Waals surface area contributed by atoms with E-state index in [0.29, 0.717) is 22.8 Å². The lowest BCUT2D eigenvalue weighted by Crippen LogP contribution is -2.51. The van der Waals surface area contributed by atoms with Crippen molar-refractivity contribution in [2.24, 2.45) is 0 Å². The molecule has 2 amide bonds. The summed E-state index contributed by atoms with van der Waals surface area (Å²) in [5, 5.41) is 3.19. The fourth-order valence-corrected chi connectivity index (χ4v) is 5.49. The van der Waals surface area contributed by atoms with E-state index in [1.807, 2.05) is 19.1 Å². The Morgan fingerprint density at radius 2 is 1.54 bits per heavy atom. The normalized spacial score (nSPS) is 12.0. The van der Waals surface area contributed by atoms with E-state index in [1.54, 1.807) is 68.4 Å². The number of amides is 2. The van der Waals surface area contributed by atoms with Crippen LogP contribution in [-0.4, -0.2) is 44.3 Å². The molecule has 0 fully saturated rings. The van der Waals surface area contributed by atoms with Gasteiger partial charge in [-0.1, -0.05) is 67.1 Å². The molecule has 0 saturated carbocycles. The maximum Gasteiger partial charge on any atom is 0.264 e. The van der Waals surface area contributed by atoms with E-state index in [2.05, 4.69) is 5.32 Å². The van der Waals surface area contributed by atoms with Crippen LogP contribution in [0.2, 0.25) is 5.02 Å². The molecule has 1 atom stereocenters. The molecule has 37 heavy (non-hydrogen) atoms. The van der Waals surface area contributed by atoms with Crippen LogP contribution in [0.15, 0.2) is 83.8 Å². The Labute approximate surface area is 224 Å². The van der Waals surface area contributed by atoms with Crippen molar-refractivity contribution < 1.29 is 18.0 Å². The topological polar surface area (TPSA) is 86.8 Å². The van der Waals surface area contributed by atoms with Gasteiger partial charge in [0.1, 0.15) is 12.6 Å². The van der Waals surface area contributed by atoms with Gasteiger partial charge in [-0.15, -0.1) is 0 Å². The van der Waals surface area contributed by atoms with Crippen molar-refractivity contribution in [3.63, 3.8) is 0 Å². The van der Waals surface area contributed by atoms with Crippen molar-refractivity contribution in [1.82, 2.24) is 10.2 Å². The van der Waals surface area contributed by atoms with Crippen molar-refractivity contribution in [1.29, 1.82) is 0 Å². The second kappa shape index (κ2) is 12.7. The van der Waals surface area contributed by atoms with Crippen molar-refractivity contribution in [3.8, 4) is 0 Å². The average Bonchev–Trinajstić information content (AvgIpc) is 2.91. The van der Waals surface area contributed by atoms with Gasteiger partial charge in [-0.3, -0.25) is 13.9 Å². The monoisotopic (exact) mass is 541 g/mol. The summed E-state index contributed by atoms with van der Waals surface area (Å²) in [6.45, 7) is 5.37. The molecule has 0 aromatic heterocycles. The van der Waals surface area contributed by atoms with Crippen LogP contribution in [0.1, 0.15) is 31.9 Å². The number of anilines is 1. The number of likely N-dealkylation sites (N-methyl/N-ethyl adjacent to an activating group) is 1. The van der Waals surface area contributed by atoms with Crippen molar-refractivity contribution >= 4 is 39.1 Å². The molecule has 1 N–H and O–H groups in total. The van der Waals surface area contributed by atoms with Gasteiger partial charge in [0.25, 0.3) is 10.0 Å². The Kier molecular flexibility index (Phi) is 9.72. The molecule has 3 aromatic rings. The zero-order valence-electron chi connectivity index (χ0n) is 21.2. The number of nitrogens with zero attached hydrogens (tertiary/aromatic N) is 2. The van der Waals surface area contributed by atoms with Gasteiger partial charge in [-0.05, 0) is 61.7 Å². The van der Waals surface area contributed by atoms with Gasteiger partial charge in [0.15, 0.2) is 0 Å². The molecule has 0 unspecified atom stereocenters. The second-order valence-electron chi connectivity index (χ2n) is 8.53. The molecule has 0 spiro atoms. The number of hydrogen-bond acceptors (Lipinski definition) is 4. The first-order valence-corrected chi connectivity index (χ1v) is 14.0. The first-order chi connectivity index (χ1) is 17.7. The molecule has 0 aliphatic carbocycles. The Morgan fingerprint density at radius 1 is 0.919 bits per heavy atom. The Hall–Kier alpha value is -3.36. The summed E-state index contributed by atoms with van der Waals surface area (Å²) in [5.74, 6) is -0.870. The maximum atomic E-state index is 13.8. The predicted octanol–water partition coefficient (Wildman–Crippen LogP) is 4.65. The summed E-state index contributed by atoms with van der Waals surface area (Å²) >= 11 is 6.36. The van der Waals surface area contributed by atoms with Gasteiger partial charge in [-0.2, -0.15) is 0 Å². The van der Waals surface area contributed by atoms with Gasteiger partial charge >= 0.3 is 0 Å². The predicted molar refractivity (Wildman–Crippen MR) is 147 cm³/mol. The maximum absolute atomic E-state index is 13.8. The molecule has 7 nitrogen and oxygen atoms in total. The summed E-state index contributed by atoms with van der Waals surface area (Å²) in [7, 11) is -4.08. The summed E-state index contributed by atoms with van der Waals surface area (Å²) in [5.41, 5.74) is 2.05. The van der Waals surface area contributed by atoms with Crippen LogP contribution >= 0.6 is 11.6 Å². The number of rotatable bonds is 11. The lowest BCUT2D eigenvalue weighted by atomic mass is 10.1. The van der Waals surface area contributed by atoms with E-state index in [0.717, 1.165) is 16.3 Å². The zero-order chi connectivity index (χ0) is 27.0. The number of hydrogen-bond donors (Lipinski definition) is 1. The number of benzene rings is 3. The Morgan fingerprint density at radius 3 is 2.14 bits per heavy atom. The van der Waals surface area contributed by atoms with E-state index in [4.69, 9.17) is 11.6 Å². The minimum atomic E-state index is -4.08. The highest BCUT2D eigenvalue weighted by molar-refractivity contribution is 7.92. The first kappa shape index (κ1) is 28.2. The van der Waals surface area contributed by atoms with Gasteiger partial charge in [-0.25, -0.2) is 8.42 Å². The minimum Gasteiger partial charge on any atom is -0.355 e. The third kappa shape index (κ3) is 6.90. The second-order valence-corrected chi connectivity index (χ2v) is 10.8. The molecule has 3 aromatic carbocycles. The molecule has 196 valence electrons. The fourth-order valence-electron chi connectivity index (χ4n) is 3.86. The molecule has 9 heteroatoms. The van der Waals surface area contributed by atoms with Crippen LogP contribution in [0.4, 0.5) is 5.69 Å². The van der Waals surface area contributed by atoms with Gasteiger partial charge < -0.3 is 10.2 Å². The highest BCUT2D eigenvalue weighted by Crippen LogP contribution is 2.26. The molecule has 3 rings (SSSR count). The quantitative estimate of drug-likeness (QED) is 0.383. The fraction of sp³-hybridized carbons (Fsp3) is 0.286. The number of carbonyl (C=O) groups excluding carboxylic acids is 2. The van der Waals surface area contributed by atoms with E-state index < -0.39 is 28.5 Å². The van der Waals surface area contributed by atoms with E-state index in [1.165, 1.54) is 17.0 Å². The molecule has 0 aliphatic heterocycles. The molecule has 0 radical (unpaired) electrons. The largest absolute Gasteiger partial charge is 0.355 e. The molecule has 0 aliphatic rings. The smallest absolute Gasteiger partial charge is 0.264 e. The Balaban J connectivity index is 2.03. The van der Waals surface area contributed by atoms with Crippen molar-refractivity contribution in [3.05, 3.63) is 95.0 Å². The minimum absolute atomic E-state index is 0.0464. The van der Waals surface area contributed by atoms with Gasteiger partial charge in [0.2, 0.25) is 11.8 Å². The summed E-state index contributed by atoms with van der Waals surface area (Å²) in [6.07, 6.45) is 0.792. The lowest BCUT2D eigenvalue weighted by molar-refractivity contribution is -0.139. The summed E-state index contributed by atoms with van der Waals surface area (Å²) < 4.78 is 28.5. The average molecular weight is 542 g/mol. The van der Waals surface area contributed by atoms with Gasteiger partial charge in [0.05, 0.1) is 10.6 Å². The van der Waals surface area contributed by atoms with Crippen LogP contribution in [0.5, 0.6) is 0 Å². The van der Waals surface area contributed by atoms with Crippen LogP contribution < -0.4 is 9.62 Å². The van der Waals surface area contributed by atoms with Crippen molar-refractivity contribution in [2.45, 2.75) is 44.7 Å². The van der Waals surface area contributed by atoms with Crippen LogP contribution in [0.25, 0.3) is 0 Å². The highest BCUT2D eigenvalue weighted by atomic mass is 35.5. The van der Waals surface area contributed by atoms with E-state index >= 15 is 0 Å². The molecule has 0 saturated heterocycles. The molecule has 0 bridgehead atoms. The zero-order valence-corrected chi connectivity index (χ0v) is 22.8. The first-order valence-electron chi connectivity index (χ1n) is 12.2. The lowest BCUT2D eigenvalue weighted by Gasteiger charge is -2.32. The highest BCUT2D eigenvalue weighted by Gasteiger charge is 2.32. The number of sulfonamides is 1. The SMILES string of the molecule is CCNC(=O)[C@@H](C)N(Cc1ccccc1Cl)C(=O)CN(c1ccc(CC)cc1)S(=O)(=O)c1ccccc1. The standard InChI is InChI=1S/C28H32ClN3O4S/c1-4-22-15-17-24(18-16-22)32(37(35,36)25-12-7-6-8-13-25)20-27(33)31(21(3)28(34)30-5-2)19-23-11-9-10-14-26(23)29/h6-18,21H,4-5,19-20H2,1-3H3,(H,30,34)/t21-/m1/s1. The Bertz CT molecular complexity index is 1310. The molecular formula is C28H32ClN3O4S. The number of halogens is 1. The number of nitrogens with one attached hydrogen (secondary N) is 1. The number of carbonyl (C=O) groups is 2. The van der Waals surface area contributed by atoms with Crippen LogP contribution in [0, 0.1) is 0 Å². The number of aryl methyl sites for hydroxylation is 1. The third-order valence-corrected chi connectivity index (χ3v) is 8.22. The van der Waals surface area contributed by atoms with E-state index in [-0.39, 0.29) is 17.3 Å². The van der Waals surface area contributed by atoms with Crippen LogP contribution in [0.3, 0.4) is 0 Å². The van der Waals surface area contributed by atoms with Gasteiger partial charge in [0, 0.05) is 18.1 Å². The third-order valence-electron chi connectivity index (χ3n) is 6.06. The van der Waals surface area contributed by atoms with Crippen LogP contribution in [-0.2, 0) is 32.6 Å². The summed E-state index contributed by atoms with van der Waals surface area (Å²) in [4.78, 5) is 28.0.